The molecule has 0 aliphatic carbocycles. The van der Waals surface area contributed by atoms with Crippen molar-refractivity contribution >= 4 is 27.3 Å². The topological polar surface area (TPSA) is 79.0 Å². The average Bonchev–Trinajstić information content (AvgIpc) is 3.33. The number of nitrogens with zero attached hydrogens (tertiary/aromatic N) is 2. The monoisotopic (exact) mass is 399 g/mol. The van der Waals surface area contributed by atoms with Gasteiger partial charge in [-0.3, -0.25) is 4.79 Å². The quantitative estimate of drug-likeness (QED) is 0.820. The van der Waals surface area contributed by atoms with Gasteiger partial charge in [0.25, 0.3) is 15.9 Å². The van der Waals surface area contributed by atoms with Crippen LogP contribution in [0.1, 0.15) is 29.6 Å². The first-order valence-electron chi connectivity index (χ1n) is 9.17. The van der Waals surface area contributed by atoms with Gasteiger partial charge in [-0.1, -0.05) is 0 Å². The fourth-order valence-electron chi connectivity index (χ4n) is 4.07. The molecule has 26 heavy (non-hydrogen) atoms. The van der Waals surface area contributed by atoms with Crippen LogP contribution in [0, 0.1) is 5.41 Å². The van der Waals surface area contributed by atoms with E-state index in [9.17, 15) is 13.2 Å². The Balaban J connectivity index is 1.43. The molecule has 1 N–H and O–H groups in total. The van der Waals surface area contributed by atoms with Gasteiger partial charge in [-0.15, -0.1) is 11.3 Å². The standard InChI is InChI=1S/C17H25N3O4S2/c21-16(19-5-2-17(3-6-19)1-4-18-13-17)14-11-15(25-12-14)26(22,23)20-7-9-24-10-8-20/h11-12,18H,1-10,13H2. The Morgan fingerprint density at radius 1 is 1.15 bits per heavy atom. The average molecular weight is 400 g/mol. The van der Waals surface area contributed by atoms with Crippen molar-refractivity contribution in [3.8, 4) is 0 Å². The van der Waals surface area contributed by atoms with E-state index in [0.29, 0.717) is 37.3 Å². The maximum absolute atomic E-state index is 12.8. The third-order valence-corrected chi connectivity index (χ3v) is 9.14. The number of amides is 1. The molecule has 0 saturated carbocycles. The third-order valence-electron chi connectivity index (χ3n) is 5.83. The van der Waals surface area contributed by atoms with Crippen molar-refractivity contribution in [2.75, 3.05) is 52.5 Å². The van der Waals surface area contributed by atoms with Gasteiger partial charge in [0.1, 0.15) is 4.21 Å². The second kappa shape index (κ2) is 7.20. The molecule has 0 aromatic carbocycles. The van der Waals surface area contributed by atoms with Gasteiger partial charge < -0.3 is 15.0 Å². The predicted molar refractivity (Wildman–Crippen MR) is 99.0 cm³/mol. The van der Waals surface area contributed by atoms with Crippen LogP contribution in [-0.2, 0) is 14.8 Å². The molecule has 1 aromatic heterocycles. The van der Waals surface area contributed by atoms with Crippen LogP contribution in [0.3, 0.4) is 0 Å². The lowest BCUT2D eigenvalue weighted by Gasteiger charge is -2.38. The van der Waals surface area contributed by atoms with Crippen LogP contribution in [0.2, 0.25) is 0 Å². The smallest absolute Gasteiger partial charge is 0.254 e. The van der Waals surface area contributed by atoms with Crippen molar-refractivity contribution in [2.24, 2.45) is 5.41 Å². The van der Waals surface area contributed by atoms with E-state index in [1.807, 2.05) is 4.90 Å². The Bertz CT molecular complexity index is 755. The van der Waals surface area contributed by atoms with Crippen molar-refractivity contribution in [3.63, 3.8) is 0 Å². The highest BCUT2D eigenvalue weighted by atomic mass is 32.2. The fraction of sp³-hybridized carbons (Fsp3) is 0.706. The predicted octanol–water partition coefficient (Wildman–Crippen LogP) is 0.985. The lowest BCUT2D eigenvalue weighted by atomic mass is 9.78. The number of hydrogen-bond acceptors (Lipinski definition) is 6. The van der Waals surface area contributed by atoms with E-state index in [-0.39, 0.29) is 10.1 Å². The molecule has 0 radical (unpaired) electrons. The summed E-state index contributed by atoms with van der Waals surface area (Å²) >= 11 is 1.13. The van der Waals surface area contributed by atoms with Crippen LogP contribution in [0.25, 0.3) is 0 Å². The zero-order chi connectivity index (χ0) is 18.2. The zero-order valence-electron chi connectivity index (χ0n) is 14.8. The molecule has 9 heteroatoms. The number of hydrogen-bond donors (Lipinski definition) is 1. The first kappa shape index (κ1) is 18.4. The molecule has 4 heterocycles. The number of likely N-dealkylation sites (tertiary alicyclic amines) is 1. The number of morpholine rings is 1. The van der Waals surface area contributed by atoms with Crippen LogP contribution in [0.4, 0.5) is 0 Å². The van der Waals surface area contributed by atoms with E-state index in [1.54, 1.807) is 11.4 Å². The van der Waals surface area contributed by atoms with E-state index >= 15 is 0 Å². The Hall–Kier alpha value is -1.00. The highest BCUT2D eigenvalue weighted by molar-refractivity contribution is 7.91. The number of rotatable bonds is 3. The molecule has 0 atom stereocenters. The number of nitrogens with one attached hydrogen (secondary N) is 1. The lowest BCUT2D eigenvalue weighted by Crippen LogP contribution is -2.44. The van der Waals surface area contributed by atoms with Crippen molar-refractivity contribution in [1.29, 1.82) is 0 Å². The van der Waals surface area contributed by atoms with Crippen LogP contribution >= 0.6 is 11.3 Å². The number of carbonyl (C=O) groups excluding carboxylic acids is 1. The summed E-state index contributed by atoms with van der Waals surface area (Å²) in [4.78, 5) is 14.7. The molecule has 144 valence electrons. The van der Waals surface area contributed by atoms with Crippen LogP contribution in [0.5, 0.6) is 0 Å². The van der Waals surface area contributed by atoms with E-state index in [4.69, 9.17) is 4.74 Å². The molecule has 3 fully saturated rings. The molecule has 0 bridgehead atoms. The first-order chi connectivity index (χ1) is 12.5. The molecule has 3 saturated heterocycles. The van der Waals surface area contributed by atoms with E-state index in [1.165, 1.54) is 10.7 Å². The van der Waals surface area contributed by atoms with E-state index < -0.39 is 10.0 Å². The molecule has 1 spiro atoms. The minimum Gasteiger partial charge on any atom is -0.379 e. The van der Waals surface area contributed by atoms with Crippen LogP contribution in [-0.4, -0.2) is 76.0 Å². The zero-order valence-corrected chi connectivity index (χ0v) is 16.4. The maximum atomic E-state index is 12.8. The summed E-state index contributed by atoms with van der Waals surface area (Å²) in [5.41, 5.74) is 0.846. The van der Waals surface area contributed by atoms with Gasteiger partial charge in [0.15, 0.2) is 0 Å². The van der Waals surface area contributed by atoms with Gasteiger partial charge in [0, 0.05) is 38.1 Å². The van der Waals surface area contributed by atoms with Gasteiger partial charge in [0.05, 0.1) is 18.8 Å². The molecule has 1 aromatic rings. The SMILES string of the molecule is O=C(c1csc(S(=O)(=O)N2CCOCC2)c1)N1CCC2(CCNC2)CC1. The van der Waals surface area contributed by atoms with Crippen molar-refractivity contribution in [3.05, 3.63) is 17.0 Å². The molecule has 0 unspecified atom stereocenters. The van der Waals surface area contributed by atoms with Crippen molar-refractivity contribution in [1.82, 2.24) is 14.5 Å². The van der Waals surface area contributed by atoms with Gasteiger partial charge in [-0.05, 0) is 37.3 Å². The molecular weight excluding hydrogens is 374 g/mol. The highest BCUT2D eigenvalue weighted by Crippen LogP contribution is 2.37. The minimum absolute atomic E-state index is 0.0505. The largest absolute Gasteiger partial charge is 0.379 e. The Morgan fingerprint density at radius 2 is 1.88 bits per heavy atom. The summed E-state index contributed by atoms with van der Waals surface area (Å²) in [5, 5.41) is 5.11. The Kier molecular flexibility index (Phi) is 5.08. The van der Waals surface area contributed by atoms with Crippen LogP contribution < -0.4 is 5.32 Å². The Labute approximate surface area is 158 Å². The second-order valence-corrected chi connectivity index (χ2v) is 10.5. The van der Waals surface area contributed by atoms with Gasteiger partial charge >= 0.3 is 0 Å². The summed E-state index contributed by atoms with van der Waals surface area (Å²) in [5.74, 6) is -0.0505. The van der Waals surface area contributed by atoms with Crippen molar-refractivity contribution < 1.29 is 17.9 Å². The number of piperidine rings is 1. The number of sulfonamides is 1. The number of carbonyl (C=O) groups is 1. The molecule has 3 aliphatic rings. The summed E-state index contributed by atoms with van der Waals surface area (Å²) in [6.07, 6.45) is 3.24. The molecule has 3 aliphatic heterocycles. The highest BCUT2D eigenvalue weighted by Gasteiger charge is 2.38. The molecule has 7 nitrogen and oxygen atoms in total. The maximum Gasteiger partial charge on any atom is 0.254 e. The normalized spacial score (nSPS) is 24.2. The van der Waals surface area contributed by atoms with Gasteiger partial charge in [-0.2, -0.15) is 4.31 Å². The van der Waals surface area contributed by atoms with Gasteiger partial charge in [-0.25, -0.2) is 8.42 Å². The third kappa shape index (κ3) is 3.43. The lowest BCUT2D eigenvalue weighted by molar-refractivity contribution is 0.0608. The summed E-state index contributed by atoms with van der Waals surface area (Å²) in [6, 6.07) is 1.54. The second-order valence-electron chi connectivity index (χ2n) is 7.39. The fourth-order valence-corrected chi connectivity index (χ4v) is 6.78. The van der Waals surface area contributed by atoms with Gasteiger partial charge in [0.2, 0.25) is 0 Å². The Morgan fingerprint density at radius 3 is 2.54 bits per heavy atom. The molecular formula is C17H25N3O4S2. The molecule has 4 rings (SSSR count). The van der Waals surface area contributed by atoms with Crippen LogP contribution in [0.15, 0.2) is 15.7 Å². The minimum atomic E-state index is -3.53. The summed E-state index contributed by atoms with van der Waals surface area (Å²) < 4.78 is 32.3. The van der Waals surface area contributed by atoms with E-state index in [2.05, 4.69) is 5.32 Å². The number of ether oxygens (including phenoxy) is 1. The number of thiophene rings is 1. The van der Waals surface area contributed by atoms with Crippen molar-refractivity contribution in [2.45, 2.75) is 23.5 Å². The first-order valence-corrected chi connectivity index (χ1v) is 11.5. The molecule has 1 amide bonds. The summed E-state index contributed by atoms with van der Waals surface area (Å²) in [7, 11) is -3.53. The van der Waals surface area contributed by atoms with E-state index in [0.717, 1.165) is 50.4 Å². The summed E-state index contributed by atoms with van der Waals surface area (Å²) in [6.45, 7) is 5.19.